The standard InChI is InChI=1S/C28H32N2O5/c1-2-24(26(31)30-14-13-17-11-12-18(27(32)33)15-25(17)30)29-28(34)35-16-23-21-9-5-3-7-19(21)20-8-4-6-10-22(20)23/h3-10,17-18,23-25H,2,11-16H2,1H3,(H,29,34)(H,32,33). The SMILES string of the molecule is CCC(NC(=O)OCC1c2ccccc2-c2ccccc21)C(=O)N1CCC2CCC(C(=O)O)CC21. The maximum atomic E-state index is 13.3. The Labute approximate surface area is 205 Å². The first-order chi connectivity index (χ1) is 17.0. The van der Waals surface area contributed by atoms with E-state index in [-0.39, 0.29) is 24.5 Å². The summed E-state index contributed by atoms with van der Waals surface area (Å²) in [6.45, 7) is 2.67. The number of fused-ring (bicyclic) bond motifs is 4. The molecule has 2 aromatic carbocycles. The van der Waals surface area contributed by atoms with Gasteiger partial charge in [-0.25, -0.2) is 4.79 Å². The lowest BCUT2D eigenvalue weighted by molar-refractivity contribution is -0.145. The van der Waals surface area contributed by atoms with Crippen LogP contribution in [0.25, 0.3) is 11.1 Å². The topological polar surface area (TPSA) is 95.9 Å². The van der Waals surface area contributed by atoms with Gasteiger partial charge in [0.2, 0.25) is 5.91 Å². The van der Waals surface area contributed by atoms with Crippen LogP contribution < -0.4 is 5.32 Å². The fourth-order valence-corrected chi connectivity index (χ4v) is 6.22. The monoisotopic (exact) mass is 476 g/mol. The number of hydrogen-bond donors (Lipinski definition) is 2. The Morgan fingerprint density at radius 1 is 1.03 bits per heavy atom. The molecule has 35 heavy (non-hydrogen) atoms. The fourth-order valence-electron chi connectivity index (χ4n) is 6.22. The van der Waals surface area contributed by atoms with Crippen LogP contribution in [-0.2, 0) is 14.3 Å². The van der Waals surface area contributed by atoms with Crippen molar-refractivity contribution in [2.75, 3.05) is 13.2 Å². The van der Waals surface area contributed by atoms with Gasteiger partial charge in [-0.3, -0.25) is 9.59 Å². The molecular weight excluding hydrogens is 444 g/mol. The maximum Gasteiger partial charge on any atom is 0.407 e. The molecule has 5 rings (SSSR count). The molecule has 1 saturated heterocycles. The summed E-state index contributed by atoms with van der Waals surface area (Å²) in [4.78, 5) is 39.4. The van der Waals surface area contributed by atoms with Crippen LogP contribution in [0.2, 0.25) is 0 Å². The van der Waals surface area contributed by atoms with E-state index in [1.54, 1.807) is 4.90 Å². The van der Waals surface area contributed by atoms with Crippen molar-refractivity contribution in [3.05, 3.63) is 59.7 Å². The minimum absolute atomic E-state index is 0.0431. The van der Waals surface area contributed by atoms with Crippen molar-refractivity contribution >= 4 is 18.0 Å². The van der Waals surface area contributed by atoms with Gasteiger partial charge in [0.25, 0.3) is 0 Å². The van der Waals surface area contributed by atoms with Crippen molar-refractivity contribution in [2.45, 2.75) is 57.0 Å². The van der Waals surface area contributed by atoms with E-state index in [9.17, 15) is 19.5 Å². The number of carboxylic acid groups (broad SMARTS) is 1. The summed E-state index contributed by atoms with van der Waals surface area (Å²) >= 11 is 0. The molecule has 4 atom stereocenters. The average Bonchev–Trinajstić information content (AvgIpc) is 3.44. The Balaban J connectivity index is 1.22. The number of amides is 2. The van der Waals surface area contributed by atoms with Gasteiger partial charge in [-0.2, -0.15) is 0 Å². The Morgan fingerprint density at radius 3 is 2.31 bits per heavy atom. The molecule has 0 aromatic heterocycles. The van der Waals surface area contributed by atoms with Crippen molar-refractivity contribution in [3.8, 4) is 11.1 Å². The van der Waals surface area contributed by atoms with Crippen LogP contribution in [0.1, 0.15) is 56.1 Å². The number of benzene rings is 2. The molecule has 0 radical (unpaired) electrons. The van der Waals surface area contributed by atoms with Gasteiger partial charge >= 0.3 is 12.1 Å². The van der Waals surface area contributed by atoms with Gasteiger partial charge in [0.15, 0.2) is 0 Å². The van der Waals surface area contributed by atoms with E-state index in [1.165, 1.54) is 0 Å². The second-order valence-electron chi connectivity index (χ2n) is 9.93. The van der Waals surface area contributed by atoms with Gasteiger partial charge in [-0.1, -0.05) is 55.5 Å². The molecule has 2 aromatic rings. The summed E-state index contributed by atoms with van der Waals surface area (Å²) in [6.07, 6.45) is 2.74. The second kappa shape index (κ2) is 9.72. The Morgan fingerprint density at radius 2 is 1.69 bits per heavy atom. The van der Waals surface area contributed by atoms with Crippen LogP contribution in [0.5, 0.6) is 0 Å². The summed E-state index contributed by atoms with van der Waals surface area (Å²) in [6, 6.07) is 15.6. The summed E-state index contributed by atoms with van der Waals surface area (Å²) in [5.74, 6) is -1.02. The van der Waals surface area contributed by atoms with E-state index in [0.717, 1.165) is 35.1 Å². The van der Waals surface area contributed by atoms with Crippen molar-refractivity contribution in [1.29, 1.82) is 0 Å². The van der Waals surface area contributed by atoms with Crippen molar-refractivity contribution < 1.29 is 24.2 Å². The molecule has 3 aliphatic rings. The molecule has 2 aliphatic carbocycles. The van der Waals surface area contributed by atoms with Crippen LogP contribution in [0.4, 0.5) is 4.79 Å². The normalized spacial score (nSPS) is 23.7. The molecular formula is C28H32N2O5. The Bertz CT molecular complexity index is 1090. The smallest absolute Gasteiger partial charge is 0.407 e. The molecule has 0 bridgehead atoms. The highest BCUT2D eigenvalue weighted by Gasteiger charge is 2.44. The number of rotatable bonds is 6. The molecule has 1 saturated carbocycles. The lowest BCUT2D eigenvalue weighted by atomic mass is 9.78. The minimum atomic E-state index is -0.786. The summed E-state index contributed by atoms with van der Waals surface area (Å²) in [7, 11) is 0. The summed E-state index contributed by atoms with van der Waals surface area (Å²) in [5, 5.41) is 12.2. The second-order valence-corrected chi connectivity index (χ2v) is 9.93. The quantitative estimate of drug-likeness (QED) is 0.644. The van der Waals surface area contributed by atoms with Gasteiger partial charge in [-0.05, 0) is 60.3 Å². The van der Waals surface area contributed by atoms with Crippen molar-refractivity contribution in [1.82, 2.24) is 10.2 Å². The van der Waals surface area contributed by atoms with Crippen LogP contribution in [-0.4, -0.2) is 53.2 Å². The number of alkyl carbamates (subject to hydrolysis) is 1. The first kappa shape index (κ1) is 23.4. The number of hydrogen-bond acceptors (Lipinski definition) is 4. The highest BCUT2D eigenvalue weighted by atomic mass is 16.5. The number of carbonyl (C=O) groups is 3. The number of carbonyl (C=O) groups excluding carboxylic acids is 2. The Kier molecular flexibility index (Phi) is 6.50. The molecule has 7 nitrogen and oxygen atoms in total. The highest BCUT2D eigenvalue weighted by molar-refractivity contribution is 5.86. The minimum Gasteiger partial charge on any atom is -0.481 e. The summed E-state index contributed by atoms with van der Waals surface area (Å²) in [5.41, 5.74) is 4.60. The molecule has 1 heterocycles. The molecule has 2 fully saturated rings. The van der Waals surface area contributed by atoms with E-state index in [0.29, 0.717) is 31.7 Å². The van der Waals surface area contributed by atoms with Gasteiger partial charge < -0.3 is 20.1 Å². The van der Waals surface area contributed by atoms with Crippen molar-refractivity contribution in [3.63, 3.8) is 0 Å². The van der Waals surface area contributed by atoms with Crippen LogP contribution >= 0.6 is 0 Å². The lowest BCUT2D eigenvalue weighted by Crippen LogP contribution is -2.51. The first-order valence-electron chi connectivity index (χ1n) is 12.6. The third-order valence-corrected chi connectivity index (χ3v) is 8.07. The van der Waals surface area contributed by atoms with E-state index >= 15 is 0 Å². The van der Waals surface area contributed by atoms with E-state index in [4.69, 9.17) is 4.74 Å². The number of likely N-dealkylation sites (tertiary alicyclic amines) is 1. The number of carboxylic acids is 1. The fraction of sp³-hybridized carbons (Fsp3) is 0.464. The van der Waals surface area contributed by atoms with E-state index in [2.05, 4.69) is 29.6 Å². The van der Waals surface area contributed by atoms with Crippen LogP contribution in [0.3, 0.4) is 0 Å². The molecule has 2 amide bonds. The lowest BCUT2D eigenvalue weighted by Gasteiger charge is -2.36. The third kappa shape index (κ3) is 4.40. The van der Waals surface area contributed by atoms with E-state index < -0.39 is 24.0 Å². The molecule has 4 unspecified atom stereocenters. The van der Waals surface area contributed by atoms with Gasteiger partial charge in [0.1, 0.15) is 12.6 Å². The van der Waals surface area contributed by atoms with E-state index in [1.807, 2.05) is 31.2 Å². The zero-order valence-electron chi connectivity index (χ0n) is 20.0. The number of nitrogens with one attached hydrogen (secondary N) is 1. The summed E-state index contributed by atoms with van der Waals surface area (Å²) < 4.78 is 5.64. The number of aliphatic carboxylic acids is 1. The van der Waals surface area contributed by atoms with Gasteiger partial charge in [-0.15, -0.1) is 0 Å². The van der Waals surface area contributed by atoms with Gasteiger partial charge in [0.05, 0.1) is 5.92 Å². The van der Waals surface area contributed by atoms with Crippen LogP contribution in [0, 0.1) is 11.8 Å². The highest BCUT2D eigenvalue weighted by Crippen LogP contribution is 2.44. The maximum absolute atomic E-state index is 13.3. The molecule has 2 N–H and O–H groups in total. The van der Waals surface area contributed by atoms with Crippen LogP contribution in [0.15, 0.2) is 48.5 Å². The molecule has 0 spiro atoms. The molecule has 7 heteroatoms. The molecule has 1 aliphatic heterocycles. The zero-order chi connectivity index (χ0) is 24.5. The largest absolute Gasteiger partial charge is 0.481 e. The Hall–Kier alpha value is -3.35. The third-order valence-electron chi connectivity index (χ3n) is 8.07. The predicted molar refractivity (Wildman–Crippen MR) is 131 cm³/mol. The predicted octanol–water partition coefficient (Wildman–Crippen LogP) is 4.41. The van der Waals surface area contributed by atoms with Crippen molar-refractivity contribution in [2.24, 2.45) is 11.8 Å². The molecule has 184 valence electrons. The zero-order valence-corrected chi connectivity index (χ0v) is 20.0. The number of ether oxygens (including phenoxy) is 1. The average molecular weight is 477 g/mol. The number of nitrogens with zero attached hydrogens (tertiary/aromatic N) is 1. The first-order valence-corrected chi connectivity index (χ1v) is 12.6. The van der Waals surface area contributed by atoms with Gasteiger partial charge in [0, 0.05) is 18.5 Å².